The van der Waals surface area contributed by atoms with Crippen molar-refractivity contribution < 1.29 is 9.53 Å². The van der Waals surface area contributed by atoms with Crippen LogP contribution in [0.3, 0.4) is 0 Å². The van der Waals surface area contributed by atoms with Crippen LogP contribution in [0.1, 0.15) is 53.2 Å². The molecule has 2 aliphatic heterocycles. The van der Waals surface area contributed by atoms with Gasteiger partial charge in [0.25, 0.3) is 11.5 Å². The Labute approximate surface area is 222 Å². The molecule has 2 aromatic heterocycles. The van der Waals surface area contributed by atoms with Gasteiger partial charge in [-0.05, 0) is 76.0 Å². The molecular formula is C30H35N5O3. The first-order valence-electron chi connectivity index (χ1n) is 13.6. The zero-order chi connectivity index (χ0) is 26.3. The van der Waals surface area contributed by atoms with Crippen molar-refractivity contribution >= 4 is 27.7 Å². The first kappa shape index (κ1) is 24.8. The lowest BCUT2D eigenvalue weighted by molar-refractivity contribution is 0.0675. The number of hydrogen-bond donors (Lipinski definition) is 2. The number of likely N-dealkylation sites (tertiary alicyclic amines) is 1. The lowest BCUT2D eigenvalue weighted by Crippen LogP contribution is -2.48. The number of rotatable bonds is 5. The van der Waals surface area contributed by atoms with E-state index in [2.05, 4.69) is 51.6 Å². The Kier molecular flexibility index (Phi) is 6.53. The molecule has 0 atom stereocenters. The number of amides is 1. The Bertz CT molecular complexity index is 1530. The topological polar surface area (TPSA) is 92.2 Å². The molecule has 6 rings (SSSR count). The third-order valence-electron chi connectivity index (χ3n) is 8.61. The van der Waals surface area contributed by atoms with Crippen LogP contribution in [-0.4, -0.2) is 65.5 Å². The van der Waals surface area contributed by atoms with Crippen LogP contribution in [0.5, 0.6) is 0 Å². The Hall–Kier alpha value is -3.49. The fourth-order valence-electron chi connectivity index (χ4n) is 6.20. The summed E-state index contributed by atoms with van der Waals surface area (Å²) < 4.78 is 7.51. The number of H-pyrrole nitrogens is 1. The van der Waals surface area contributed by atoms with Gasteiger partial charge < -0.3 is 19.9 Å². The Balaban J connectivity index is 1.36. The number of carbonyl (C=O) groups is 1. The molecule has 2 N–H and O–H groups in total. The zero-order valence-corrected chi connectivity index (χ0v) is 22.1. The molecule has 2 aromatic carbocycles. The lowest BCUT2D eigenvalue weighted by atomic mass is 9.72. The first-order valence-corrected chi connectivity index (χ1v) is 13.6. The average molecular weight is 514 g/mol. The van der Waals surface area contributed by atoms with E-state index >= 15 is 0 Å². The molecule has 0 saturated carbocycles. The van der Waals surface area contributed by atoms with E-state index in [1.54, 1.807) is 6.20 Å². The molecule has 8 nitrogen and oxygen atoms in total. The van der Waals surface area contributed by atoms with Crippen molar-refractivity contribution in [1.82, 2.24) is 25.0 Å². The minimum absolute atomic E-state index is 0.0879. The van der Waals surface area contributed by atoms with Crippen LogP contribution in [0.2, 0.25) is 0 Å². The van der Waals surface area contributed by atoms with E-state index in [9.17, 15) is 9.59 Å². The van der Waals surface area contributed by atoms with Gasteiger partial charge in [-0.3, -0.25) is 14.3 Å². The van der Waals surface area contributed by atoms with E-state index in [-0.39, 0.29) is 22.9 Å². The Morgan fingerprint density at radius 1 is 1.13 bits per heavy atom. The molecule has 8 heteroatoms. The van der Waals surface area contributed by atoms with Gasteiger partial charge in [-0.1, -0.05) is 30.3 Å². The van der Waals surface area contributed by atoms with Gasteiger partial charge in [0.1, 0.15) is 0 Å². The molecule has 2 saturated heterocycles. The number of aryl methyl sites for hydroxylation is 1. The number of aromatic nitrogens is 3. The molecule has 4 aromatic rings. The first-order chi connectivity index (χ1) is 18.4. The van der Waals surface area contributed by atoms with Crippen LogP contribution >= 0.6 is 0 Å². The standard InChI is InChI=1S/C30H35N5O3/c1-20-16-26-24(27-25(29(37)33-26)18-32-35(27)22-8-14-38-15-9-22)17-23(20)28(36)31-19-30(10-12-34(2)13-11-30)21-6-4-3-5-7-21/h3-7,16-18,22H,8-15,19H2,1-2H3,(H,31,36)(H,33,37). The third kappa shape index (κ3) is 4.41. The number of pyridine rings is 1. The van der Waals surface area contributed by atoms with E-state index in [4.69, 9.17) is 4.74 Å². The average Bonchev–Trinajstić information content (AvgIpc) is 3.40. The summed E-state index contributed by atoms with van der Waals surface area (Å²) >= 11 is 0. The van der Waals surface area contributed by atoms with Crippen LogP contribution in [0.4, 0.5) is 0 Å². The van der Waals surface area contributed by atoms with Crippen molar-refractivity contribution in [3.05, 3.63) is 75.7 Å². The van der Waals surface area contributed by atoms with Gasteiger partial charge in [0.05, 0.1) is 28.7 Å². The zero-order valence-electron chi connectivity index (χ0n) is 22.1. The van der Waals surface area contributed by atoms with Crippen LogP contribution in [0, 0.1) is 6.92 Å². The molecule has 1 amide bonds. The van der Waals surface area contributed by atoms with E-state index in [0.29, 0.717) is 30.7 Å². The minimum atomic E-state index is -0.158. The van der Waals surface area contributed by atoms with E-state index < -0.39 is 0 Å². The number of fused-ring (bicyclic) bond motifs is 3. The highest BCUT2D eigenvalue weighted by Gasteiger charge is 2.36. The molecule has 0 radical (unpaired) electrons. The van der Waals surface area contributed by atoms with Gasteiger partial charge in [0.2, 0.25) is 0 Å². The predicted molar refractivity (Wildman–Crippen MR) is 149 cm³/mol. The number of nitrogens with one attached hydrogen (secondary N) is 2. The molecule has 198 valence electrons. The van der Waals surface area contributed by atoms with Crippen molar-refractivity contribution in [1.29, 1.82) is 0 Å². The van der Waals surface area contributed by atoms with Crippen molar-refractivity contribution in [2.24, 2.45) is 0 Å². The summed E-state index contributed by atoms with van der Waals surface area (Å²) in [7, 11) is 2.15. The smallest absolute Gasteiger partial charge is 0.259 e. The predicted octanol–water partition coefficient (Wildman–Crippen LogP) is 3.93. The molecule has 0 spiro atoms. The van der Waals surface area contributed by atoms with Gasteiger partial charge in [0, 0.05) is 36.1 Å². The van der Waals surface area contributed by atoms with Crippen molar-refractivity contribution in [2.75, 3.05) is 39.9 Å². The molecule has 0 bridgehead atoms. The summed E-state index contributed by atoms with van der Waals surface area (Å²) in [4.78, 5) is 31.9. The van der Waals surface area contributed by atoms with Gasteiger partial charge >= 0.3 is 0 Å². The molecule has 0 unspecified atom stereocenters. The molecule has 0 aliphatic carbocycles. The maximum absolute atomic E-state index is 13.7. The van der Waals surface area contributed by atoms with Gasteiger partial charge in [-0.15, -0.1) is 0 Å². The number of carbonyl (C=O) groups excluding carboxylic acids is 1. The minimum Gasteiger partial charge on any atom is -0.381 e. The van der Waals surface area contributed by atoms with Crippen LogP contribution in [-0.2, 0) is 10.2 Å². The number of nitrogens with zero attached hydrogens (tertiary/aromatic N) is 3. The summed E-state index contributed by atoms with van der Waals surface area (Å²) in [6.07, 6.45) is 5.34. The number of piperidine rings is 1. The summed E-state index contributed by atoms with van der Waals surface area (Å²) in [5.41, 5.74) is 4.01. The largest absolute Gasteiger partial charge is 0.381 e. The third-order valence-corrected chi connectivity index (χ3v) is 8.61. The highest BCUT2D eigenvalue weighted by Crippen LogP contribution is 2.35. The SMILES string of the molecule is Cc1cc2[nH]c(=O)c3cnn(C4CCOCC4)c3c2cc1C(=O)NCC1(c2ccccc2)CCN(C)CC1. The molecule has 38 heavy (non-hydrogen) atoms. The Morgan fingerprint density at radius 2 is 1.87 bits per heavy atom. The highest BCUT2D eigenvalue weighted by atomic mass is 16.5. The fourth-order valence-corrected chi connectivity index (χ4v) is 6.20. The summed E-state index contributed by atoms with van der Waals surface area (Å²) in [6, 6.07) is 14.6. The number of aromatic amines is 1. The maximum atomic E-state index is 13.7. The van der Waals surface area contributed by atoms with E-state index in [0.717, 1.165) is 60.8 Å². The molecular weight excluding hydrogens is 478 g/mol. The van der Waals surface area contributed by atoms with Crippen molar-refractivity contribution in [3.63, 3.8) is 0 Å². The molecule has 4 heterocycles. The van der Waals surface area contributed by atoms with E-state index in [1.165, 1.54) is 5.56 Å². The maximum Gasteiger partial charge on any atom is 0.259 e. The fraction of sp³-hybridized carbons (Fsp3) is 0.433. The van der Waals surface area contributed by atoms with Crippen molar-refractivity contribution in [3.8, 4) is 0 Å². The summed E-state index contributed by atoms with van der Waals surface area (Å²) in [5.74, 6) is -0.0879. The lowest BCUT2D eigenvalue weighted by Gasteiger charge is -2.41. The van der Waals surface area contributed by atoms with Crippen LogP contribution in [0.25, 0.3) is 21.8 Å². The van der Waals surface area contributed by atoms with Crippen LogP contribution in [0.15, 0.2) is 53.5 Å². The second-order valence-electron chi connectivity index (χ2n) is 11.0. The monoisotopic (exact) mass is 513 g/mol. The second kappa shape index (κ2) is 10.0. The summed E-state index contributed by atoms with van der Waals surface area (Å²) in [5, 5.41) is 9.29. The van der Waals surface area contributed by atoms with Crippen molar-refractivity contribution in [2.45, 2.75) is 44.1 Å². The number of ether oxygens (including phenoxy) is 1. The number of hydrogen-bond acceptors (Lipinski definition) is 5. The second-order valence-corrected chi connectivity index (χ2v) is 11.0. The molecule has 2 aliphatic rings. The molecule has 2 fully saturated rings. The quantitative estimate of drug-likeness (QED) is 0.422. The van der Waals surface area contributed by atoms with Gasteiger partial charge in [0.15, 0.2) is 0 Å². The Morgan fingerprint density at radius 3 is 2.61 bits per heavy atom. The normalized spacial score (nSPS) is 18.7. The van der Waals surface area contributed by atoms with Gasteiger partial charge in [-0.25, -0.2) is 0 Å². The highest BCUT2D eigenvalue weighted by molar-refractivity contribution is 6.07. The summed E-state index contributed by atoms with van der Waals surface area (Å²) in [6.45, 7) is 5.87. The van der Waals surface area contributed by atoms with Gasteiger partial charge in [-0.2, -0.15) is 5.10 Å². The van der Waals surface area contributed by atoms with E-state index in [1.807, 2.05) is 29.8 Å². The number of benzene rings is 2. The van der Waals surface area contributed by atoms with Crippen LogP contribution < -0.4 is 10.9 Å².